The van der Waals surface area contributed by atoms with Crippen molar-refractivity contribution in [2.24, 2.45) is 5.92 Å². The van der Waals surface area contributed by atoms with Crippen molar-refractivity contribution in [1.82, 2.24) is 0 Å². The van der Waals surface area contributed by atoms with E-state index in [9.17, 15) is 0 Å². The summed E-state index contributed by atoms with van der Waals surface area (Å²) in [6.07, 6.45) is 6.25. The molecule has 1 saturated heterocycles. The maximum atomic E-state index is 5.98. The van der Waals surface area contributed by atoms with Gasteiger partial charge in [0.25, 0.3) is 0 Å². The van der Waals surface area contributed by atoms with Gasteiger partial charge in [-0.2, -0.15) is 0 Å². The molecule has 1 fully saturated rings. The molecule has 0 aromatic heterocycles. The van der Waals surface area contributed by atoms with Crippen LogP contribution in [0.25, 0.3) is 0 Å². The summed E-state index contributed by atoms with van der Waals surface area (Å²) in [5.41, 5.74) is 0. The maximum absolute atomic E-state index is 5.98. The van der Waals surface area contributed by atoms with E-state index in [1.54, 1.807) is 0 Å². The number of rotatable bonds is 3. The van der Waals surface area contributed by atoms with Crippen LogP contribution in [0, 0.1) is 5.92 Å². The highest BCUT2D eigenvalue weighted by Gasteiger charge is 2.24. The fourth-order valence-electron chi connectivity index (χ4n) is 1.73. The molecule has 3 atom stereocenters. The van der Waals surface area contributed by atoms with Gasteiger partial charge in [0.05, 0.1) is 12.2 Å². The predicted octanol–water partition coefficient (Wildman–Crippen LogP) is 3.41. The normalized spacial score (nSPS) is 33.2. The highest BCUT2D eigenvalue weighted by Crippen LogP contribution is 2.26. The molecule has 0 amide bonds. The Morgan fingerprint density at radius 2 is 2.25 bits per heavy atom. The molecule has 0 radical (unpaired) electrons. The Labute approximate surface area is 89.4 Å². The lowest BCUT2D eigenvalue weighted by Gasteiger charge is -2.32. The van der Waals surface area contributed by atoms with Crippen LogP contribution in [0.4, 0.5) is 0 Å². The molecule has 1 aliphatic heterocycles. The molecule has 1 aliphatic rings. The third-order valence-corrected chi connectivity index (χ3v) is 3.82. The summed E-state index contributed by atoms with van der Waals surface area (Å²) < 4.78 is 7.14. The summed E-state index contributed by atoms with van der Waals surface area (Å²) in [5.74, 6) is 0.746. The topological polar surface area (TPSA) is 9.23 Å². The molecule has 0 spiro atoms. The first-order chi connectivity index (χ1) is 5.77. The van der Waals surface area contributed by atoms with E-state index in [4.69, 9.17) is 4.74 Å². The molecule has 1 heterocycles. The molecule has 72 valence electrons. The van der Waals surface area contributed by atoms with Gasteiger partial charge >= 0.3 is 0 Å². The van der Waals surface area contributed by atoms with Crippen molar-refractivity contribution in [2.75, 3.05) is 4.43 Å². The van der Waals surface area contributed by atoms with Crippen LogP contribution >= 0.6 is 22.6 Å². The van der Waals surface area contributed by atoms with Crippen LogP contribution in [0.3, 0.4) is 0 Å². The van der Waals surface area contributed by atoms with Crippen molar-refractivity contribution in [3.05, 3.63) is 0 Å². The van der Waals surface area contributed by atoms with Crippen molar-refractivity contribution >= 4 is 22.6 Å². The Hall–Kier alpha value is 0.690. The third kappa shape index (κ3) is 2.87. The van der Waals surface area contributed by atoms with E-state index in [-0.39, 0.29) is 0 Å². The average Bonchev–Trinajstić information content (AvgIpc) is 2.17. The quantitative estimate of drug-likeness (QED) is 0.569. The minimum Gasteiger partial charge on any atom is -0.374 e. The van der Waals surface area contributed by atoms with Crippen LogP contribution in [0.5, 0.6) is 0 Å². The van der Waals surface area contributed by atoms with Crippen LogP contribution in [-0.4, -0.2) is 16.6 Å². The van der Waals surface area contributed by atoms with E-state index in [2.05, 4.69) is 36.4 Å². The van der Waals surface area contributed by atoms with Crippen molar-refractivity contribution in [1.29, 1.82) is 0 Å². The second kappa shape index (κ2) is 5.43. The summed E-state index contributed by atoms with van der Waals surface area (Å²) in [4.78, 5) is 0. The first-order valence-corrected chi connectivity index (χ1v) is 6.52. The van der Waals surface area contributed by atoms with Gasteiger partial charge in [-0.1, -0.05) is 42.9 Å². The molecule has 0 saturated carbocycles. The summed E-state index contributed by atoms with van der Waals surface area (Å²) in [5, 5.41) is 0. The van der Waals surface area contributed by atoms with Gasteiger partial charge in [0.1, 0.15) is 0 Å². The lowest BCUT2D eigenvalue weighted by molar-refractivity contribution is -0.0623. The monoisotopic (exact) mass is 282 g/mol. The largest absolute Gasteiger partial charge is 0.374 e. The van der Waals surface area contributed by atoms with Crippen molar-refractivity contribution < 1.29 is 4.74 Å². The summed E-state index contributed by atoms with van der Waals surface area (Å²) in [7, 11) is 0. The Morgan fingerprint density at radius 1 is 1.50 bits per heavy atom. The fourth-order valence-corrected chi connectivity index (χ4v) is 2.37. The van der Waals surface area contributed by atoms with Crippen molar-refractivity contribution in [3.63, 3.8) is 0 Å². The minimum atomic E-state index is 0.540. The summed E-state index contributed by atoms with van der Waals surface area (Å²) in [6.45, 7) is 4.56. The van der Waals surface area contributed by atoms with Gasteiger partial charge < -0.3 is 4.74 Å². The smallest absolute Gasteiger partial charge is 0.0668 e. The van der Waals surface area contributed by atoms with E-state index in [0.29, 0.717) is 12.2 Å². The second-order valence-corrected chi connectivity index (χ2v) is 4.65. The number of alkyl halides is 1. The van der Waals surface area contributed by atoms with Crippen LogP contribution in [0.1, 0.15) is 39.5 Å². The molecule has 0 aromatic rings. The Morgan fingerprint density at radius 3 is 2.83 bits per heavy atom. The first kappa shape index (κ1) is 10.8. The second-order valence-electron chi connectivity index (χ2n) is 3.77. The van der Waals surface area contributed by atoms with Crippen LogP contribution in [0.15, 0.2) is 0 Å². The van der Waals surface area contributed by atoms with Gasteiger partial charge in [-0.15, -0.1) is 0 Å². The molecule has 0 aliphatic carbocycles. The molecule has 3 unspecified atom stereocenters. The lowest BCUT2D eigenvalue weighted by Crippen LogP contribution is -2.32. The van der Waals surface area contributed by atoms with Gasteiger partial charge in [-0.3, -0.25) is 0 Å². The lowest BCUT2D eigenvalue weighted by atomic mass is 9.94. The minimum absolute atomic E-state index is 0.540. The Balaban J connectivity index is 2.34. The Kier molecular flexibility index (Phi) is 4.87. The van der Waals surface area contributed by atoms with E-state index >= 15 is 0 Å². The molecule has 1 nitrogen and oxygen atoms in total. The fraction of sp³-hybridized carbons (Fsp3) is 1.00. The van der Waals surface area contributed by atoms with Gasteiger partial charge in [0.2, 0.25) is 0 Å². The molecule has 0 N–H and O–H groups in total. The highest BCUT2D eigenvalue weighted by molar-refractivity contribution is 14.1. The summed E-state index contributed by atoms with van der Waals surface area (Å²) in [6, 6.07) is 0. The standard InChI is InChI=1S/C10H19IO/c1-3-8(2)10-6-4-5-9(7-11)12-10/h8-10H,3-7H2,1-2H3. The zero-order valence-electron chi connectivity index (χ0n) is 8.05. The van der Waals surface area contributed by atoms with E-state index in [1.165, 1.54) is 25.7 Å². The molecule has 12 heavy (non-hydrogen) atoms. The molecule has 0 aromatic carbocycles. The van der Waals surface area contributed by atoms with Crippen molar-refractivity contribution in [2.45, 2.75) is 51.7 Å². The van der Waals surface area contributed by atoms with E-state index < -0.39 is 0 Å². The zero-order chi connectivity index (χ0) is 8.97. The van der Waals surface area contributed by atoms with Crippen LogP contribution < -0.4 is 0 Å². The Bertz CT molecular complexity index is 125. The predicted molar refractivity (Wildman–Crippen MR) is 60.9 cm³/mol. The highest BCUT2D eigenvalue weighted by atomic mass is 127. The SMILES string of the molecule is CCC(C)C1CCCC(CI)O1. The number of hydrogen-bond acceptors (Lipinski definition) is 1. The first-order valence-electron chi connectivity index (χ1n) is 4.99. The van der Waals surface area contributed by atoms with E-state index in [1.807, 2.05) is 0 Å². The number of hydrogen-bond donors (Lipinski definition) is 0. The average molecular weight is 282 g/mol. The molecule has 2 heteroatoms. The molecule has 0 bridgehead atoms. The van der Waals surface area contributed by atoms with Gasteiger partial charge in [0, 0.05) is 4.43 Å². The van der Waals surface area contributed by atoms with Crippen LogP contribution in [0.2, 0.25) is 0 Å². The maximum Gasteiger partial charge on any atom is 0.0668 e. The van der Waals surface area contributed by atoms with E-state index in [0.717, 1.165) is 10.3 Å². The van der Waals surface area contributed by atoms with Gasteiger partial charge in [-0.05, 0) is 25.2 Å². The zero-order valence-corrected chi connectivity index (χ0v) is 10.2. The number of halogens is 1. The third-order valence-electron chi connectivity index (χ3n) is 2.83. The van der Waals surface area contributed by atoms with Crippen LogP contribution in [-0.2, 0) is 4.74 Å². The van der Waals surface area contributed by atoms with Gasteiger partial charge in [0.15, 0.2) is 0 Å². The molecular weight excluding hydrogens is 263 g/mol. The van der Waals surface area contributed by atoms with Gasteiger partial charge in [-0.25, -0.2) is 0 Å². The molecular formula is C10H19IO. The molecule has 1 rings (SSSR count). The number of ether oxygens (including phenoxy) is 1. The summed E-state index contributed by atoms with van der Waals surface area (Å²) >= 11 is 2.43. The van der Waals surface area contributed by atoms with Crippen molar-refractivity contribution in [3.8, 4) is 0 Å².